The minimum absolute atomic E-state index is 0.0934. The first-order chi connectivity index (χ1) is 8.41. The number of alkyl halides is 1. The minimum atomic E-state index is -0.516. The van der Waals surface area contributed by atoms with Crippen molar-refractivity contribution in [3.63, 3.8) is 0 Å². The predicted octanol–water partition coefficient (Wildman–Crippen LogP) is 2.81. The Morgan fingerprint density at radius 2 is 1.89 bits per heavy atom. The number of hydrogen-bond donors (Lipinski definition) is 1. The van der Waals surface area contributed by atoms with Gasteiger partial charge < -0.3 is 10.1 Å². The number of benzene rings is 1. The van der Waals surface area contributed by atoms with E-state index in [1.165, 1.54) is 0 Å². The molecule has 4 heteroatoms. The molecular weight excluding hydrogens is 250 g/mol. The Morgan fingerprint density at radius 1 is 1.33 bits per heavy atom. The van der Waals surface area contributed by atoms with E-state index in [1.807, 2.05) is 39.0 Å². The van der Waals surface area contributed by atoms with Crippen molar-refractivity contribution in [2.75, 3.05) is 6.54 Å². The van der Waals surface area contributed by atoms with E-state index >= 15 is 0 Å². The van der Waals surface area contributed by atoms with Crippen molar-refractivity contribution >= 4 is 17.5 Å². The van der Waals surface area contributed by atoms with Crippen LogP contribution in [0, 0.1) is 13.8 Å². The van der Waals surface area contributed by atoms with Crippen LogP contribution in [0.1, 0.15) is 25.0 Å². The zero-order valence-corrected chi connectivity index (χ0v) is 12.0. The molecule has 1 aromatic rings. The van der Waals surface area contributed by atoms with Gasteiger partial charge >= 0.3 is 0 Å². The van der Waals surface area contributed by atoms with Crippen LogP contribution in [0.15, 0.2) is 18.2 Å². The minimum Gasteiger partial charge on any atom is -0.488 e. The van der Waals surface area contributed by atoms with Gasteiger partial charge in [-0.25, -0.2) is 0 Å². The van der Waals surface area contributed by atoms with E-state index in [0.29, 0.717) is 6.54 Å². The molecule has 18 heavy (non-hydrogen) atoms. The van der Waals surface area contributed by atoms with E-state index in [2.05, 4.69) is 5.32 Å². The van der Waals surface area contributed by atoms with Crippen LogP contribution in [0.5, 0.6) is 5.75 Å². The van der Waals surface area contributed by atoms with Gasteiger partial charge in [0.1, 0.15) is 17.2 Å². The van der Waals surface area contributed by atoms with Crippen molar-refractivity contribution in [3.05, 3.63) is 29.3 Å². The number of rotatable bonds is 5. The highest BCUT2D eigenvalue weighted by Gasteiger charge is 2.12. The van der Waals surface area contributed by atoms with Crippen LogP contribution in [-0.4, -0.2) is 23.9 Å². The van der Waals surface area contributed by atoms with Crippen molar-refractivity contribution in [1.82, 2.24) is 5.32 Å². The molecule has 0 radical (unpaired) electrons. The zero-order chi connectivity index (χ0) is 13.7. The van der Waals surface area contributed by atoms with E-state index < -0.39 is 5.38 Å². The van der Waals surface area contributed by atoms with Crippen molar-refractivity contribution in [1.29, 1.82) is 0 Å². The third-order valence-electron chi connectivity index (χ3n) is 2.65. The smallest absolute Gasteiger partial charge is 0.237 e. The maximum absolute atomic E-state index is 11.3. The van der Waals surface area contributed by atoms with E-state index in [9.17, 15) is 4.79 Å². The van der Waals surface area contributed by atoms with E-state index in [-0.39, 0.29) is 12.0 Å². The number of para-hydroxylation sites is 1. The summed E-state index contributed by atoms with van der Waals surface area (Å²) in [5, 5.41) is 2.23. The summed E-state index contributed by atoms with van der Waals surface area (Å²) in [6, 6.07) is 6.02. The molecular formula is C14H20ClNO2. The Morgan fingerprint density at radius 3 is 2.39 bits per heavy atom. The van der Waals surface area contributed by atoms with Crippen molar-refractivity contribution < 1.29 is 9.53 Å². The van der Waals surface area contributed by atoms with Gasteiger partial charge in [-0.1, -0.05) is 18.2 Å². The second kappa shape index (κ2) is 6.64. The van der Waals surface area contributed by atoms with Gasteiger partial charge in [-0.15, -0.1) is 11.6 Å². The molecule has 0 aliphatic carbocycles. The fourth-order valence-electron chi connectivity index (χ4n) is 1.61. The van der Waals surface area contributed by atoms with Crippen LogP contribution >= 0.6 is 11.6 Å². The third kappa shape index (κ3) is 4.22. The third-order valence-corrected chi connectivity index (χ3v) is 2.85. The molecule has 0 aliphatic rings. The highest BCUT2D eigenvalue weighted by molar-refractivity contribution is 6.30. The summed E-state index contributed by atoms with van der Waals surface area (Å²) in [6.07, 6.45) is -0.0934. The second-order valence-corrected chi connectivity index (χ2v) is 5.17. The predicted molar refractivity (Wildman–Crippen MR) is 74.3 cm³/mol. The molecule has 1 rings (SSSR count). The number of carbonyl (C=O) groups is 1. The van der Waals surface area contributed by atoms with Gasteiger partial charge in [-0.2, -0.15) is 0 Å². The number of amides is 1. The fraction of sp³-hybridized carbons (Fsp3) is 0.500. The number of ether oxygens (including phenoxy) is 1. The summed E-state index contributed by atoms with van der Waals surface area (Å²) in [5.74, 6) is 0.715. The molecule has 0 heterocycles. The number of aryl methyl sites for hydroxylation is 2. The van der Waals surface area contributed by atoms with Crippen molar-refractivity contribution in [2.24, 2.45) is 0 Å². The molecule has 2 atom stereocenters. The summed E-state index contributed by atoms with van der Waals surface area (Å²) in [5.41, 5.74) is 2.19. The molecule has 1 aromatic carbocycles. The second-order valence-electron chi connectivity index (χ2n) is 4.51. The number of carbonyl (C=O) groups excluding carboxylic acids is 1. The Labute approximate surface area is 113 Å². The standard InChI is InChI=1S/C14H20ClNO2/c1-9-6-5-7-10(2)13(9)18-11(3)8-16-14(17)12(4)15/h5-7,11-12H,8H2,1-4H3,(H,16,17). The normalized spacial score (nSPS) is 13.8. The lowest BCUT2D eigenvalue weighted by molar-refractivity contribution is -0.120. The van der Waals surface area contributed by atoms with Gasteiger partial charge in [0.25, 0.3) is 0 Å². The molecule has 0 aromatic heterocycles. The largest absolute Gasteiger partial charge is 0.488 e. The highest BCUT2D eigenvalue weighted by Crippen LogP contribution is 2.23. The molecule has 0 saturated carbocycles. The van der Waals surface area contributed by atoms with Crippen molar-refractivity contribution in [3.8, 4) is 5.75 Å². The lowest BCUT2D eigenvalue weighted by atomic mass is 10.1. The number of halogens is 1. The Hall–Kier alpha value is -1.22. The molecule has 0 saturated heterocycles. The van der Waals surface area contributed by atoms with Crippen molar-refractivity contribution in [2.45, 2.75) is 39.2 Å². The number of nitrogens with one attached hydrogen (secondary N) is 1. The van der Waals surface area contributed by atoms with E-state index in [4.69, 9.17) is 16.3 Å². The van der Waals surface area contributed by atoms with Crippen LogP contribution in [-0.2, 0) is 4.79 Å². The molecule has 1 amide bonds. The molecule has 0 bridgehead atoms. The molecule has 0 fully saturated rings. The molecule has 0 aliphatic heterocycles. The Balaban J connectivity index is 2.55. The molecule has 0 spiro atoms. The van der Waals surface area contributed by atoms with Gasteiger partial charge in [0.15, 0.2) is 0 Å². The lowest BCUT2D eigenvalue weighted by Gasteiger charge is -2.19. The first kappa shape index (κ1) is 14.8. The van der Waals surface area contributed by atoms with Crippen LogP contribution in [0.25, 0.3) is 0 Å². The summed E-state index contributed by atoms with van der Waals surface area (Å²) in [7, 11) is 0. The molecule has 1 N–H and O–H groups in total. The summed E-state index contributed by atoms with van der Waals surface area (Å²) in [4.78, 5) is 11.3. The first-order valence-electron chi connectivity index (χ1n) is 6.06. The van der Waals surface area contributed by atoms with Gasteiger partial charge in [0, 0.05) is 0 Å². The van der Waals surface area contributed by atoms with Crippen LogP contribution in [0.4, 0.5) is 0 Å². The average molecular weight is 270 g/mol. The average Bonchev–Trinajstić information content (AvgIpc) is 2.30. The number of hydrogen-bond acceptors (Lipinski definition) is 2. The van der Waals surface area contributed by atoms with Crippen LogP contribution < -0.4 is 10.1 Å². The van der Waals surface area contributed by atoms with Crippen LogP contribution in [0.3, 0.4) is 0 Å². The Bertz CT molecular complexity index is 398. The zero-order valence-electron chi connectivity index (χ0n) is 11.3. The summed E-state index contributed by atoms with van der Waals surface area (Å²) < 4.78 is 5.85. The van der Waals surface area contributed by atoms with Gasteiger partial charge in [0.05, 0.1) is 6.54 Å². The lowest BCUT2D eigenvalue weighted by Crippen LogP contribution is -2.37. The van der Waals surface area contributed by atoms with Crippen LogP contribution in [0.2, 0.25) is 0 Å². The molecule has 3 nitrogen and oxygen atoms in total. The first-order valence-corrected chi connectivity index (χ1v) is 6.50. The quantitative estimate of drug-likeness (QED) is 0.835. The highest BCUT2D eigenvalue weighted by atomic mass is 35.5. The fourth-order valence-corrected chi connectivity index (χ4v) is 1.69. The van der Waals surface area contributed by atoms with E-state index in [1.54, 1.807) is 6.92 Å². The van der Waals surface area contributed by atoms with Gasteiger partial charge in [0.2, 0.25) is 5.91 Å². The summed E-state index contributed by atoms with van der Waals surface area (Å²) in [6.45, 7) is 8.03. The maximum Gasteiger partial charge on any atom is 0.237 e. The topological polar surface area (TPSA) is 38.3 Å². The molecule has 2 unspecified atom stereocenters. The van der Waals surface area contributed by atoms with Gasteiger partial charge in [-0.05, 0) is 38.8 Å². The maximum atomic E-state index is 11.3. The SMILES string of the molecule is Cc1cccc(C)c1OC(C)CNC(=O)C(C)Cl. The molecule has 100 valence electrons. The summed E-state index contributed by atoms with van der Waals surface area (Å²) >= 11 is 5.67. The van der Waals surface area contributed by atoms with E-state index in [0.717, 1.165) is 16.9 Å². The van der Waals surface area contributed by atoms with Gasteiger partial charge in [-0.3, -0.25) is 4.79 Å². The Kier molecular flexibility index (Phi) is 5.48. The monoisotopic (exact) mass is 269 g/mol.